The number of ether oxygens (including phenoxy) is 3. The molecule has 1 fully saturated rings. The van der Waals surface area contributed by atoms with Gasteiger partial charge in [0.25, 0.3) is 5.91 Å². The summed E-state index contributed by atoms with van der Waals surface area (Å²) in [6, 6.07) is 13.1. The number of esters is 1. The van der Waals surface area contributed by atoms with Crippen LogP contribution in [0.15, 0.2) is 48.5 Å². The highest BCUT2D eigenvalue weighted by molar-refractivity contribution is 6.04. The Kier molecular flexibility index (Phi) is 7.31. The van der Waals surface area contributed by atoms with Gasteiger partial charge >= 0.3 is 18.0 Å². The zero-order valence-corrected chi connectivity index (χ0v) is 19.1. The molecule has 0 saturated carbocycles. The lowest BCUT2D eigenvalue weighted by Gasteiger charge is -2.21. The number of carboxylic acid groups (broad SMARTS) is 1. The second-order valence-electron chi connectivity index (χ2n) is 8.19. The standard InChI is InChI=1S/C25H26N2O8/c1-2-33-24(31)20(22(28)26-19-11-12-34-21(19)23(29)30)27-25(32)35-13-18-16-9-5-3-7-14(16)15-8-4-6-10-17(15)18/h3-10,18-21H,2,11-13H2,1H3,(H,26,28)(H,27,32)(H,29,30)/t19-,20?,21+/m0/s1. The summed E-state index contributed by atoms with van der Waals surface area (Å²) in [5.74, 6) is -3.32. The van der Waals surface area contributed by atoms with Crippen LogP contribution in [-0.4, -0.2) is 67.1 Å². The van der Waals surface area contributed by atoms with Crippen molar-refractivity contribution < 1.29 is 38.5 Å². The highest BCUT2D eigenvalue weighted by Crippen LogP contribution is 2.44. The molecule has 10 heteroatoms. The van der Waals surface area contributed by atoms with Gasteiger partial charge in [0.15, 0.2) is 6.10 Å². The Morgan fingerprint density at radius 2 is 1.66 bits per heavy atom. The van der Waals surface area contributed by atoms with E-state index in [1.54, 1.807) is 6.92 Å². The van der Waals surface area contributed by atoms with Crippen LogP contribution in [-0.2, 0) is 28.6 Å². The first kappa shape index (κ1) is 24.2. The van der Waals surface area contributed by atoms with Gasteiger partial charge in [0.05, 0.1) is 12.6 Å². The van der Waals surface area contributed by atoms with Gasteiger partial charge in [-0.15, -0.1) is 0 Å². The van der Waals surface area contributed by atoms with Crippen LogP contribution in [0.5, 0.6) is 0 Å². The summed E-state index contributed by atoms with van der Waals surface area (Å²) in [5.41, 5.74) is 4.16. The topological polar surface area (TPSA) is 140 Å². The second-order valence-corrected chi connectivity index (χ2v) is 8.19. The molecule has 3 N–H and O–H groups in total. The van der Waals surface area contributed by atoms with Gasteiger partial charge < -0.3 is 24.6 Å². The van der Waals surface area contributed by atoms with Crippen molar-refractivity contribution in [1.29, 1.82) is 0 Å². The molecule has 0 aromatic heterocycles. The molecule has 2 aromatic carbocycles. The second kappa shape index (κ2) is 10.6. The third kappa shape index (κ3) is 5.12. The molecule has 2 amide bonds. The van der Waals surface area contributed by atoms with E-state index in [1.165, 1.54) is 0 Å². The van der Waals surface area contributed by atoms with Crippen molar-refractivity contribution in [3.05, 3.63) is 59.7 Å². The van der Waals surface area contributed by atoms with Gasteiger partial charge in [0, 0.05) is 12.5 Å². The summed E-state index contributed by atoms with van der Waals surface area (Å²) >= 11 is 0. The third-order valence-corrected chi connectivity index (χ3v) is 6.05. The van der Waals surface area contributed by atoms with Crippen LogP contribution < -0.4 is 10.6 Å². The Morgan fingerprint density at radius 3 is 2.26 bits per heavy atom. The number of fused-ring (bicyclic) bond motifs is 3. The minimum absolute atomic E-state index is 0.00538. The molecule has 2 aliphatic rings. The van der Waals surface area contributed by atoms with Crippen LogP contribution in [0.1, 0.15) is 30.4 Å². The first-order valence-electron chi connectivity index (χ1n) is 11.3. The van der Waals surface area contributed by atoms with Gasteiger partial charge in [-0.25, -0.2) is 14.4 Å². The predicted molar refractivity (Wildman–Crippen MR) is 123 cm³/mol. The predicted octanol–water partition coefficient (Wildman–Crippen LogP) is 1.82. The molecule has 1 heterocycles. The van der Waals surface area contributed by atoms with E-state index in [4.69, 9.17) is 14.2 Å². The van der Waals surface area contributed by atoms with Crippen molar-refractivity contribution in [3.8, 4) is 11.1 Å². The molecule has 1 aliphatic carbocycles. The van der Waals surface area contributed by atoms with Crippen molar-refractivity contribution >= 4 is 23.9 Å². The van der Waals surface area contributed by atoms with Crippen LogP contribution in [0.25, 0.3) is 11.1 Å². The highest BCUT2D eigenvalue weighted by Gasteiger charge is 2.39. The van der Waals surface area contributed by atoms with E-state index in [2.05, 4.69) is 10.6 Å². The average Bonchev–Trinajstić information content (AvgIpc) is 3.44. The van der Waals surface area contributed by atoms with Crippen molar-refractivity contribution in [1.82, 2.24) is 10.6 Å². The Balaban J connectivity index is 1.43. The summed E-state index contributed by atoms with van der Waals surface area (Å²) in [6.45, 7) is 1.69. The van der Waals surface area contributed by atoms with E-state index in [1.807, 2.05) is 48.5 Å². The molecule has 1 unspecified atom stereocenters. The van der Waals surface area contributed by atoms with Crippen LogP contribution >= 0.6 is 0 Å². The van der Waals surface area contributed by atoms with E-state index in [0.29, 0.717) is 0 Å². The molecule has 3 atom stereocenters. The van der Waals surface area contributed by atoms with Gasteiger partial charge in [-0.05, 0) is 35.6 Å². The van der Waals surface area contributed by atoms with Gasteiger partial charge in [-0.2, -0.15) is 0 Å². The summed E-state index contributed by atoms with van der Waals surface area (Å²) < 4.78 is 15.4. The number of amides is 2. The molecule has 0 bridgehead atoms. The fraction of sp³-hybridized carbons (Fsp3) is 0.360. The summed E-state index contributed by atoms with van der Waals surface area (Å²) in [5, 5.41) is 13.9. The van der Waals surface area contributed by atoms with Gasteiger partial charge in [0.1, 0.15) is 6.61 Å². The van der Waals surface area contributed by atoms with Crippen molar-refractivity contribution in [2.24, 2.45) is 0 Å². The first-order valence-corrected chi connectivity index (χ1v) is 11.3. The molecule has 35 heavy (non-hydrogen) atoms. The Hall–Kier alpha value is -3.92. The molecule has 1 aliphatic heterocycles. The zero-order chi connectivity index (χ0) is 24.9. The fourth-order valence-electron chi connectivity index (χ4n) is 4.46. The number of carbonyl (C=O) groups is 4. The van der Waals surface area contributed by atoms with Crippen molar-refractivity contribution in [2.45, 2.75) is 37.5 Å². The lowest BCUT2D eigenvalue weighted by atomic mass is 9.98. The molecule has 0 radical (unpaired) electrons. The lowest BCUT2D eigenvalue weighted by Crippen LogP contribution is -2.56. The van der Waals surface area contributed by atoms with E-state index >= 15 is 0 Å². The Bertz CT molecular complexity index is 1090. The van der Waals surface area contributed by atoms with E-state index in [-0.39, 0.29) is 32.2 Å². The number of hydrogen-bond donors (Lipinski definition) is 3. The van der Waals surface area contributed by atoms with Gasteiger partial charge in [0.2, 0.25) is 6.04 Å². The number of carboxylic acids is 1. The molecule has 0 spiro atoms. The number of carbonyl (C=O) groups excluding carboxylic acids is 3. The van der Waals surface area contributed by atoms with Crippen molar-refractivity contribution in [3.63, 3.8) is 0 Å². The number of benzene rings is 2. The first-order chi connectivity index (χ1) is 16.9. The monoisotopic (exact) mass is 482 g/mol. The zero-order valence-electron chi connectivity index (χ0n) is 19.1. The molecule has 1 saturated heterocycles. The molecule has 4 rings (SSSR count). The summed E-state index contributed by atoms with van der Waals surface area (Å²) in [6.07, 6.45) is -1.96. The molecule has 2 aromatic rings. The van der Waals surface area contributed by atoms with Crippen molar-refractivity contribution in [2.75, 3.05) is 19.8 Å². The van der Waals surface area contributed by atoms with E-state index in [9.17, 15) is 24.3 Å². The van der Waals surface area contributed by atoms with E-state index in [0.717, 1.165) is 22.3 Å². The molecular weight excluding hydrogens is 456 g/mol. The maximum Gasteiger partial charge on any atom is 0.408 e. The van der Waals surface area contributed by atoms with Crippen LogP contribution in [0.3, 0.4) is 0 Å². The molecular formula is C25H26N2O8. The number of aliphatic carboxylic acids is 1. The minimum Gasteiger partial charge on any atom is -0.479 e. The Morgan fingerprint density at radius 1 is 1.03 bits per heavy atom. The largest absolute Gasteiger partial charge is 0.479 e. The normalized spacial score (nSPS) is 19.2. The van der Waals surface area contributed by atoms with Crippen LogP contribution in [0, 0.1) is 0 Å². The fourth-order valence-corrected chi connectivity index (χ4v) is 4.46. The summed E-state index contributed by atoms with van der Waals surface area (Å²) in [7, 11) is 0. The van der Waals surface area contributed by atoms with Gasteiger partial charge in [-0.3, -0.25) is 10.1 Å². The maximum absolute atomic E-state index is 12.8. The third-order valence-electron chi connectivity index (χ3n) is 6.05. The number of alkyl carbamates (subject to hydrolysis) is 1. The smallest absolute Gasteiger partial charge is 0.408 e. The number of hydrogen-bond acceptors (Lipinski definition) is 7. The van der Waals surface area contributed by atoms with Gasteiger partial charge in [-0.1, -0.05) is 48.5 Å². The quantitative estimate of drug-likeness (QED) is 0.382. The average molecular weight is 482 g/mol. The molecule has 184 valence electrons. The minimum atomic E-state index is -1.71. The SMILES string of the molecule is CCOC(=O)C(NC(=O)OCC1c2ccccc2-c2ccccc21)C(=O)N[C@H]1CCO[C@H]1C(=O)O. The van der Waals surface area contributed by atoms with Crippen LogP contribution in [0.4, 0.5) is 4.79 Å². The number of nitrogens with one attached hydrogen (secondary N) is 2. The molecule has 10 nitrogen and oxygen atoms in total. The van der Waals surface area contributed by atoms with Crippen LogP contribution in [0.2, 0.25) is 0 Å². The summed E-state index contributed by atoms with van der Waals surface area (Å²) in [4.78, 5) is 49.1. The van der Waals surface area contributed by atoms with E-state index < -0.39 is 42.1 Å². The highest BCUT2D eigenvalue weighted by atomic mass is 16.6. The maximum atomic E-state index is 12.8. The lowest BCUT2D eigenvalue weighted by molar-refractivity contribution is -0.150. The Labute approximate surface area is 201 Å². The number of rotatable bonds is 8.